The lowest BCUT2D eigenvalue weighted by atomic mass is 10.0. The Balaban J connectivity index is 0.000000181. The van der Waals surface area contributed by atoms with Crippen molar-refractivity contribution in [2.24, 2.45) is 0 Å². The zero-order valence-electron chi connectivity index (χ0n) is 14.7. The number of anilines is 1. The van der Waals surface area contributed by atoms with Crippen molar-refractivity contribution < 1.29 is 9.53 Å². The fraction of sp³-hybridized carbons (Fsp3) is 0.136. The van der Waals surface area contributed by atoms with Crippen LogP contribution in [0, 0.1) is 6.92 Å². The summed E-state index contributed by atoms with van der Waals surface area (Å²) in [6.45, 7) is 7.96. The smallest absolute Gasteiger partial charge is 0.338 e. The molecule has 0 amide bonds. The Morgan fingerprint density at radius 3 is 2.40 bits per heavy atom. The SMILES string of the molecule is C=Cc1c(N)ccc2ccccc12.CCOC(=O)c1ccc(C)cc1. The number of hydrogen-bond donors (Lipinski definition) is 1. The fourth-order valence-corrected chi connectivity index (χ4v) is 2.44. The molecule has 0 radical (unpaired) electrons. The molecule has 0 fully saturated rings. The minimum atomic E-state index is -0.252. The van der Waals surface area contributed by atoms with Crippen molar-refractivity contribution in [3.63, 3.8) is 0 Å². The van der Waals surface area contributed by atoms with Crippen LogP contribution in [0.3, 0.4) is 0 Å². The summed E-state index contributed by atoms with van der Waals surface area (Å²) in [5.41, 5.74) is 9.39. The van der Waals surface area contributed by atoms with Crippen molar-refractivity contribution in [2.75, 3.05) is 12.3 Å². The van der Waals surface area contributed by atoms with Gasteiger partial charge in [0.05, 0.1) is 12.2 Å². The molecule has 0 bridgehead atoms. The van der Waals surface area contributed by atoms with Crippen LogP contribution in [-0.4, -0.2) is 12.6 Å². The summed E-state index contributed by atoms with van der Waals surface area (Å²) in [7, 11) is 0. The fourth-order valence-electron chi connectivity index (χ4n) is 2.44. The Morgan fingerprint density at radius 2 is 1.76 bits per heavy atom. The van der Waals surface area contributed by atoms with Crippen LogP contribution in [0.5, 0.6) is 0 Å². The molecule has 25 heavy (non-hydrogen) atoms. The van der Waals surface area contributed by atoms with Crippen LogP contribution in [0.25, 0.3) is 16.8 Å². The molecule has 3 aromatic carbocycles. The minimum absolute atomic E-state index is 0.252. The molecular formula is C22H23NO2. The highest BCUT2D eigenvalue weighted by atomic mass is 16.5. The van der Waals surface area contributed by atoms with E-state index >= 15 is 0 Å². The van der Waals surface area contributed by atoms with Crippen molar-refractivity contribution in [1.82, 2.24) is 0 Å². The summed E-state index contributed by atoms with van der Waals surface area (Å²) in [6, 6.07) is 19.4. The van der Waals surface area contributed by atoms with Gasteiger partial charge in [-0.3, -0.25) is 0 Å². The van der Waals surface area contributed by atoms with Crippen molar-refractivity contribution >= 4 is 28.5 Å². The second kappa shape index (κ2) is 8.69. The maximum atomic E-state index is 11.1. The van der Waals surface area contributed by atoms with Gasteiger partial charge in [0, 0.05) is 11.3 Å². The normalized spacial score (nSPS) is 9.84. The maximum absolute atomic E-state index is 11.1. The third-order valence-electron chi connectivity index (χ3n) is 3.77. The molecule has 0 unspecified atom stereocenters. The molecule has 3 rings (SSSR count). The Bertz CT molecular complexity index is 867. The number of aryl methyl sites for hydroxylation is 1. The minimum Gasteiger partial charge on any atom is -0.462 e. The second-order valence-corrected chi connectivity index (χ2v) is 5.58. The molecule has 0 aliphatic carbocycles. The predicted molar refractivity (Wildman–Crippen MR) is 106 cm³/mol. The Kier molecular flexibility index (Phi) is 6.35. The molecule has 3 aromatic rings. The van der Waals surface area contributed by atoms with Gasteiger partial charge in [0.15, 0.2) is 0 Å². The first-order valence-electron chi connectivity index (χ1n) is 8.20. The van der Waals surface area contributed by atoms with E-state index in [0.717, 1.165) is 22.2 Å². The van der Waals surface area contributed by atoms with Crippen LogP contribution in [0.15, 0.2) is 67.2 Å². The molecule has 0 aliphatic heterocycles. The molecule has 0 atom stereocenters. The summed E-state index contributed by atoms with van der Waals surface area (Å²) >= 11 is 0. The molecular weight excluding hydrogens is 310 g/mol. The van der Waals surface area contributed by atoms with Gasteiger partial charge < -0.3 is 10.5 Å². The number of carbonyl (C=O) groups is 1. The molecule has 0 aromatic heterocycles. The number of nitrogens with two attached hydrogens (primary N) is 1. The number of rotatable bonds is 3. The molecule has 0 saturated heterocycles. The van der Waals surface area contributed by atoms with Crippen molar-refractivity contribution in [3.8, 4) is 0 Å². The number of hydrogen-bond acceptors (Lipinski definition) is 3. The van der Waals surface area contributed by atoms with Gasteiger partial charge in [0.1, 0.15) is 0 Å². The predicted octanol–water partition coefficient (Wildman–Crippen LogP) is 5.24. The van der Waals surface area contributed by atoms with Gasteiger partial charge in [0.2, 0.25) is 0 Å². The topological polar surface area (TPSA) is 52.3 Å². The van der Waals surface area contributed by atoms with Crippen LogP contribution >= 0.6 is 0 Å². The lowest BCUT2D eigenvalue weighted by Gasteiger charge is -2.04. The molecule has 2 N–H and O–H groups in total. The number of nitrogen functional groups attached to an aromatic ring is 1. The van der Waals surface area contributed by atoms with E-state index in [0.29, 0.717) is 12.2 Å². The van der Waals surface area contributed by atoms with Crippen LogP contribution in [0.1, 0.15) is 28.4 Å². The third kappa shape index (κ3) is 4.70. The highest BCUT2D eigenvalue weighted by Crippen LogP contribution is 2.24. The summed E-state index contributed by atoms with van der Waals surface area (Å²) < 4.78 is 4.83. The molecule has 3 nitrogen and oxygen atoms in total. The van der Waals surface area contributed by atoms with Gasteiger partial charge in [-0.05, 0) is 42.8 Å². The summed E-state index contributed by atoms with van der Waals surface area (Å²) in [5.74, 6) is -0.252. The second-order valence-electron chi connectivity index (χ2n) is 5.58. The first kappa shape index (κ1) is 18.3. The number of fused-ring (bicyclic) bond motifs is 1. The van der Waals surface area contributed by atoms with E-state index in [1.165, 1.54) is 5.39 Å². The first-order chi connectivity index (χ1) is 12.1. The zero-order chi connectivity index (χ0) is 18.2. The van der Waals surface area contributed by atoms with Gasteiger partial charge in [-0.15, -0.1) is 0 Å². The molecule has 128 valence electrons. The number of benzene rings is 3. The van der Waals surface area contributed by atoms with E-state index in [1.54, 1.807) is 25.1 Å². The lowest BCUT2D eigenvalue weighted by Crippen LogP contribution is -2.03. The maximum Gasteiger partial charge on any atom is 0.338 e. The zero-order valence-corrected chi connectivity index (χ0v) is 14.7. The average Bonchev–Trinajstić information content (AvgIpc) is 2.63. The van der Waals surface area contributed by atoms with Gasteiger partial charge in [-0.1, -0.05) is 60.7 Å². The van der Waals surface area contributed by atoms with Crippen molar-refractivity contribution in [2.45, 2.75) is 13.8 Å². The van der Waals surface area contributed by atoms with E-state index in [1.807, 2.05) is 43.3 Å². The van der Waals surface area contributed by atoms with Gasteiger partial charge in [0.25, 0.3) is 0 Å². The molecule has 0 saturated carbocycles. The quantitative estimate of drug-likeness (QED) is 0.527. The lowest BCUT2D eigenvalue weighted by molar-refractivity contribution is 0.0526. The highest BCUT2D eigenvalue weighted by molar-refractivity contribution is 5.95. The summed E-state index contributed by atoms with van der Waals surface area (Å²) in [5, 5.41) is 2.36. The van der Waals surface area contributed by atoms with Crippen LogP contribution in [-0.2, 0) is 4.74 Å². The van der Waals surface area contributed by atoms with E-state index in [2.05, 4.69) is 18.7 Å². The highest BCUT2D eigenvalue weighted by Gasteiger charge is 2.03. The van der Waals surface area contributed by atoms with Crippen molar-refractivity contribution in [1.29, 1.82) is 0 Å². The number of esters is 1. The summed E-state index contributed by atoms with van der Waals surface area (Å²) in [6.07, 6.45) is 1.80. The van der Waals surface area contributed by atoms with Crippen molar-refractivity contribution in [3.05, 3.63) is 83.9 Å². The Hall–Kier alpha value is -3.07. The number of ether oxygens (including phenoxy) is 1. The van der Waals surface area contributed by atoms with E-state index < -0.39 is 0 Å². The molecule has 3 heteroatoms. The Labute approximate surface area is 148 Å². The van der Waals surface area contributed by atoms with Crippen LogP contribution in [0.2, 0.25) is 0 Å². The Morgan fingerprint density at radius 1 is 1.08 bits per heavy atom. The number of carbonyl (C=O) groups excluding carboxylic acids is 1. The van der Waals surface area contributed by atoms with E-state index in [9.17, 15) is 4.79 Å². The monoisotopic (exact) mass is 333 g/mol. The van der Waals surface area contributed by atoms with E-state index in [-0.39, 0.29) is 5.97 Å². The van der Waals surface area contributed by atoms with Gasteiger partial charge in [-0.2, -0.15) is 0 Å². The van der Waals surface area contributed by atoms with Crippen LogP contribution < -0.4 is 5.73 Å². The standard InChI is InChI=1S/C12H11N.C10H12O2/c1-2-10-11-6-4-3-5-9(11)7-8-12(10)13;1-3-12-10(11)9-6-4-8(2)5-7-9/h2-8H,1,13H2;4-7H,3H2,1-2H3. The molecule has 0 heterocycles. The molecule has 0 spiro atoms. The van der Waals surface area contributed by atoms with E-state index in [4.69, 9.17) is 10.5 Å². The largest absolute Gasteiger partial charge is 0.462 e. The van der Waals surface area contributed by atoms with Crippen LogP contribution in [0.4, 0.5) is 5.69 Å². The summed E-state index contributed by atoms with van der Waals surface area (Å²) in [4.78, 5) is 11.1. The average molecular weight is 333 g/mol. The first-order valence-corrected chi connectivity index (χ1v) is 8.20. The van der Waals surface area contributed by atoms with Gasteiger partial charge >= 0.3 is 5.97 Å². The van der Waals surface area contributed by atoms with Gasteiger partial charge in [-0.25, -0.2) is 4.79 Å². The third-order valence-corrected chi connectivity index (χ3v) is 3.77. The molecule has 0 aliphatic rings.